The first-order valence-corrected chi connectivity index (χ1v) is 4.96. The second-order valence-electron chi connectivity index (χ2n) is 3.15. The molecule has 16 heavy (non-hydrogen) atoms. The third-order valence-electron chi connectivity index (χ3n) is 2.08. The van der Waals surface area contributed by atoms with Gasteiger partial charge in [-0.25, -0.2) is 0 Å². The van der Waals surface area contributed by atoms with Crippen molar-refractivity contribution in [3.63, 3.8) is 0 Å². The largest absolute Gasteiger partial charge is 0.416 e. The molecule has 1 saturated heterocycles. The number of hydrogen-bond donors (Lipinski definition) is 1. The van der Waals surface area contributed by atoms with Gasteiger partial charge in [0, 0.05) is 5.56 Å². The summed E-state index contributed by atoms with van der Waals surface area (Å²) in [5.41, 5.74) is -0.379. The number of aliphatic hydroxyl groups is 1. The van der Waals surface area contributed by atoms with E-state index in [9.17, 15) is 18.3 Å². The second-order valence-corrected chi connectivity index (χ2v) is 3.15. The Bertz CT molecular complexity index is 315. The van der Waals surface area contributed by atoms with Crippen LogP contribution in [0.15, 0.2) is 24.3 Å². The van der Waals surface area contributed by atoms with Crippen molar-refractivity contribution in [1.29, 1.82) is 0 Å². The van der Waals surface area contributed by atoms with Gasteiger partial charge in [0.1, 0.15) is 6.61 Å². The van der Waals surface area contributed by atoms with Crippen LogP contribution in [0.25, 0.3) is 0 Å². The molecule has 0 saturated carbocycles. The van der Waals surface area contributed by atoms with Gasteiger partial charge in [-0.2, -0.15) is 13.2 Å². The smallest absolute Gasteiger partial charge is 0.360 e. The van der Waals surface area contributed by atoms with Crippen molar-refractivity contribution in [2.45, 2.75) is 25.8 Å². The fourth-order valence-electron chi connectivity index (χ4n) is 1.15. The second kappa shape index (κ2) is 4.43. The summed E-state index contributed by atoms with van der Waals surface area (Å²) in [6.07, 6.45) is -4.34. The van der Waals surface area contributed by atoms with Crippen molar-refractivity contribution in [1.82, 2.24) is 0 Å². The summed E-state index contributed by atoms with van der Waals surface area (Å²) in [5.74, 6) is -1.36. The Kier molecular flexibility index (Phi) is 3.60. The van der Waals surface area contributed by atoms with Crippen molar-refractivity contribution in [3.05, 3.63) is 35.4 Å². The fourth-order valence-corrected chi connectivity index (χ4v) is 1.15. The molecule has 1 aromatic rings. The normalized spacial score (nSPS) is 23.4. The molecule has 0 radical (unpaired) electrons. The molecule has 1 aliphatic heterocycles. The molecule has 0 spiro atoms. The van der Waals surface area contributed by atoms with Crippen LogP contribution in [0.2, 0.25) is 0 Å². The van der Waals surface area contributed by atoms with Crippen molar-refractivity contribution in [2.75, 3.05) is 6.61 Å². The minimum absolute atomic E-state index is 0.137. The third kappa shape index (κ3) is 2.74. The minimum atomic E-state index is -4.34. The molecule has 0 aliphatic carbocycles. The lowest BCUT2D eigenvalue weighted by Crippen LogP contribution is -2.09. The topological polar surface area (TPSA) is 32.8 Å². The maximum atomic E-state index is 12.1. The summed E-state index contributed by atoms with van der Waals surface area (Å²) in [7, 11) is 0. The molecule has 1 aliphatic rings. The van der Waals surface area contributed by atoms with Gasteiger partial charge < -0.3 is 9.84 Å². The highest BCUT2D eigenvalue weighted by atomic mass is 19.4. The molecule has 1 fully saturated rings. The number of alkyl halides is 3. The van der Waals surface area contributed by atoms with Gasteiger partial charge in [-0.3, -0.25) is 0 Å². The molecule has 0 amide bonds. The van der Waals surface area contributed by atoms with Crippen LogP contribution in [0.1, 0.15) is 25.0 Å². The average Bonchev–Trinajstić information content (AvgIpc) is 3.00. The first-order chi connectivity index (χ1) is 7.42. The Balaban J connectivity index is 0.000000606. The van der Waals surface area contributed by atoms with E-state index in [-0.39, 0.29) is 6.61 Å². The zero-order valence-corrected chi connectivity index (χ0v) is 9.01. The maximum absolute atomic E-state index is 12.1. The van der Waals surface area contributed by atoms with Crippen molar-refractivity contribution in [2.24, 2.45) is 0 Å². The maximum Gasteiger partial charge on any atom is 0.416 e. The van der Waals surface area contributed by atoms with Crippen LogP contribution in [0.4, 0.5) is 13.2 Å². The molecule has 1 N–H and O–H groups in total. The molecule has 1 heterocycles. The highest BCUT2D eigenvalue weighted by Gasteiger charge is 2.44. The van der Waals surface area contributed by atoms with Crippen molar-refractivity contribution in [3.8, 4) is 0 Å². The SMILES string of the molecule is CC.OC1(c2ccc(C(F)(F)F)cc2)CO1. The summed E-state index contributed by atoms with van der Waals surface area (Å²) in [5, 5.41) is 9.39. The van der Waals surface area contributed by atoms with Crippen LogP contribution >= 0.6 is 0 Å². The average molecular weight is 234 g/mol. The zero-order valence-electron chi connectivity index (χ0n) is 9.01. The van der Waals surface area contributed by atoms with Gasteiger partial charge in [0.2, 0.25) is 5.79 Å². The lowest BCUT2D eigenvalue weighted by Gasteiger charge is -2.08. The lowest BCUT2D eigenvalue weighted by atomic mass is 10.1. The van der Waals surface area contributed by atoms with Crippen LogP contribution in [0, 0.1) is 0 Å². The molecule has 1 unspecified atom stereocenters. The Morgan fingerprint density at radius 3 is 1.94 bits per heavy atom. The quantitative estimate of drug-likeness (QED) is 0.758. The number of ether oxygens (including phenoxy) is 1. The van der Waals surface area contributed by atoms with E-state index in [0.29, 0.717) is 5.56 Å². The lowest BCUT2D eigenvalue weighted by molar-refractivity contribution is -0.137. The Morgan fingerprint density at radius 1 is 1.19 bits per heavy atom. The van der Waals surface area contributed by atoms with Gasteiger partial charge in [-0.05, 0) is 12.1 Å². The van der Waals surface area contributed by atoms with Crippen molar-refractivity contribution >= 4 is 0 Å². The molecule has 5 heteroatoms. The van der Waals surface area contributed by atoms with E-state index in [1.54, 1.807) is 0 Å². The summed E-state index contributed by atoms with van der Waals surface area (Å²) in [6.45, 7) is 4.14. The number of benzene rings is 1. The summed E-state index contributed by atoms with van der Waals surface area (Å²) in [4.78, 5) is 0. The Morgan fingerprint density at radius 2 is 1.62 bits per heavy atom. The molecule has 0 bridgehead atoms. The zero-order chi connectivity index (χ0) is 12.4. The molecular formula is C11H13F3O2. The number of epoxide rings is 1. The molecule has 2 rings (SSSR count). The summed E-state index contributed by atoms with van der Waals surface area (Å²) in [6, 6.07) is 4.29. The highest BCUT2D eigenvalue weighted by Crippen LogP contribution is 2.37. The minimum Gasteiger partial charge on any atom is -0.360 e. The molecule has 1 aromatic carbocycles. The molecule has 0 aromatic heterocycles. The monoisotopic (exact) mass is 234 g/mol. The Hall–Kier alpha value is -1.07. The predicted octanol–water partition coefficient (Wildman–Crippen LogP) is 2.91. The van der Waals surface area contributed by atoms with E-state index in [1.807, 2.05) is 13.8 Å². The van der Waals surface area contributed by atoms with Crippen LogP contribution in [-0.2, 0) is 16.7 Å². The molecule has 2 nitrogen and oxygen atoms in total. The highest BCUT2D eigenvalue weighted by molar-refractivity contribution is 5.29. The van der Waals surface area contributed by atoms with Gasteiger partial charge in [0.05, 0.1) is 5.56 Å². The predicted molar refractivity (Wildman–Crippen MR) is 52.6 cm³/mol. The summed E-state index contributed by atoms with van der Waals surface area (Å²) >= 11 is 0. The van der Waals surface area contributed by atoms with Gasteiger partial charge in [0.15, 0.2) is 0 Å². The van der Waals surface area contributed by atoms with Crippen LogP contribution in [-0.4, -0.2) is 11.7 Å². The van der Waals surface area contributed by atoms with E-state index >= 15 is 0 Å². The first-order valence-electron chi connectivity index (χ1n) is 4.96. The van der Waals surface area contributed by atoms with Crippen LogP contribution in [0.3, 0.4) is 0 Å². The molecular weight excluding hydrogens is 221 g/mol. The Labute approximate surface area is 91.7 Å². The van der Waals surface area contributed by atoms with Crippen LogP contribution in [0.5, 0.6) is 0 Å². The third-order valence-corrected chi connectivity index (χ3v) is 2.08. The molecule has 90 valence electrons. The number of hydrogen-bond acceptors (Lipinski definition) is 2. The fraction of sp³-hybridized carbons (Fsp3) is 0.455. The van der Waals surface area contributed by atoms with Gasteiger partial charge >= 0.3 is 6.18 Å². The number of rotatable bonds is 1. The molecule has 1 atom stereocenters. The van der Waals surface area contributed by atoms with Crippen LogP contribution < -0.4 is 0 Å². The number of halogens is 3. The van der Waals surface area contributed by atoms with E-state index in [1.165, 1.54) is 12.1 Å². The van der Waals surface area contributed by atoms with E-state index in [2.05, 4.69) is 4.74 Å². The first kappa shape index (κ1) is 13.0. The van der Waals surface area contributed by atoms with E-state index in [0.717, 1.165) is 12.1 Å². The standard InChI is InChI=1S/C9H7F3O2.C2H6/c10-9(11,12)7-3-1-6(2-4-7)8(13)5-14-8;1-2/h1-4,13H,5H2;1-2H3. The van der Waals surface area contributed by atoms with Gasteiger partial charge in [-0.1, -0.05) is 26.0 Å². The van der Waals surface area contributed by atoms with Gasteiger partial charge in [0.25, 0.3) is 0 Å². The van der Waals surface area contributed by atoms with Gasteiger partial charge in [-0.15, -0.1) is 0 Å². The van der Waals surface area contributed by atoms with E-state index in [4.69, 9.17) is 0 Å². The van der Waals surface area contributed by atoms with E-state index < -0.39 is 17.5 Å². The summed E-state index contributed by atoms with van der Waals surface area (Å²) < 4.78 is 41.1. The van der Waals surface area contributed by atoms with Crippen molar-refractivity contribution < 1.29 is 23.0 Å².